The van der Waals surface area contributed by atoms with E-state index in [-0.39, 0.29) is 12.5 Å². The average Bonchev–Trinajstić information content (AvgIpc) is 2.50. The Hall–Kier alpha value is -2.86. The molecule has 0 spiro atoms. The molecule has 114 valence electrons. The molecule has 6 nitrogen and oxygen atoms in total. The molecular weight excluding hydrogens is 282 g/mol. The molecule has 5 N–H and O–H groups in total. The minimum Gasteiger partial charge on any atom is -0.480 e. The van der Waals surface area contributed by atoms with Gasteiger partial charge < -0.3 is 21.5 Å². The first kappa shape index (κ1) is 15.5. The fourth-order valence-corrected chi connectivity index (χ4v) is 1.88. The van der Waals surface area contributed by atoms with Crippen molar-refractivity contribution in [2.75, 3.05) is 10.6 Å². The van der Waals surface area contributed by atoms with E-state index in [2.05, 4.69) is 10.6 Å². The SMILES string of the molecule is N[C@H](Cc1ccc(NC(=O)Nc2ccccc2)cc1)C(=O)O. The van der Waals surface area contributed by atoms with E-state index < -0.39 is 12.0 Å². The topological polar surface area (TPSA) is 104 Å². The second kappa shape index (κ2) is 7.24. The molecule has 0 fully saturated rings. The smallest absolute Gasteiger partial charge is 0.323 e. The van der Waals surface area contributed by atoms with Gasteiger partial charge >= 0.3 is 12.0 Å². The number of hydrogen-bond acceptors (Lipinski definition) is 3. The highest BCUT2D eigenvalue weighted by atomic mass is 16.4. The number of rotatable bonds is 5. The number of carboxylic acid groups (broad SMARTS) is 1. The Labute approximate surface area is 128 Å². The number of benzene rings is 2. The first-order valence-electron chi connectivity index (χ1n) is 6.75. The second-order valence-corrected chi connectivity index (χ2v) is 4.79. The molecule has 22 heavy (non-hydrogen) atoms. The van der Waals surface area contributed by atoms with Gasteiger partial charge in [-0.05, 0) is 36.2 Å². The number of carbonyl (C=O) groups excluding carboxylic acids is 1. The highest BCUT2D eigenvalue weighted by molar-refractivity contribution is 5.99. The molecule has 0 bridgehead atoms. The Balaban J connectivity index is 1.91. The van der Waals surface area contributed by atoms with Crippen LogP contribution in [0.25, 0.3) is 0 Å². The number of carboxylic acids is 1. The van der Waals surface area contributed by atoms with E-state index >= 15 is 0 Å². The molecule has 2 amide bonds. The van der Waals surface area contributed by atoms with Gasteiger partial charge in [-0.25, -0.2) is 4.79 Å². The summed E-state index contributed by atoms with van der Waals surface area (Å²) in [6, 6.07) is 14.7. The van der Waals surface area contributed by atoms with Crippen LogP contribution in [0.15, 0.2) is 54.6 Å². The van der Waals surface area contributed by atoms with Crippen molar-refractivity contribution in [3.05, 3.63) is 60.2 Å². The average molecular weight is 299 g/mol. The van der Waals surface area contributed by atoms with E-state index in [4.69, 9.17) is 10.8 Å². The largest absolute Gasteiger partial charge is 0.480 e. The zero-order chi connectivity index (χ0) is 15.9. The van der Waals surface area contributed by atoms with Gasteiger partial charge in [-0.1, -0.05) is 30.3 Å². The van der Waals surface area contributed by atoms with Crippen LogP contribution < -0.4 is 16.4 Å². The first-order valence-corrected chi connectivity index (χ1v) is 6.75. The lowest BCUT2D eigenvalue weighted by atomic mass is 10.1. The summed E-state index contributed by atoms with van der Waals surface area (Å²) in [7, 11) is 0. The van der Waals surface area contributed by atoms with Crippen LogP contribution in [0.5, 0.6) is 0 Å². The van der Waals surface area contributed by atoms with Crippen LogP contribution in [0.2, 0.25) is 0 Å². The quantitative estimate of drug-likeness (QED) is 0.679. The molecule has 0 heterocycles. The number of amides is 2. The molecule has 0 aliphatic carbocycles. The Morgan fingerprint density at radius 1 is 0.955 bits per heavy atom. The van der Waals surface area contributed by atoms with E-state index in [9.17, 15) is 9.59 Å². The summed E-state index contributed by atoms with van der Waals surface area (Å²) >= 11 is 0. The molecule has 0 aliphatic heterocycles. The molecule has 2 aromatic carbocycles. The van der Waals surface area contributed by atoms with Crippen LogP contribution in [-0.4, -0.2) is 23.1 Å². The molecule has 0 saturated heterocycles. The number of aliphatic carboxylic acids is 1. The number of nitrogens with two attached hydrogens (primary N) is 1. The lowest BCUT2D eigenvalue weighted by Gasteiger charge is -2.09. The maximum Gasteiger partial charge on any atom is 0.323 e. The number of carbonyl (C=O) groups is 2. The molecule has 0 radical (unpaired) electrons. The lowest BCUT2D eigenvalue weighted by molar-refractivity contribution is -0.138. The van der Waals surface area contributed by atoms with Gasteiger partial charge in [0.15, 0.2) is 0 Å². The van der Waals surface area contributed by atoms with Crippen LogP contribution in [-0.2, 0) is 11.2 Å². The van der Waals surface area contributed by atoms with E-state index in [1.165, 1.54) is 0 Å². The van der Waals surface area contributed by atoms with Crippen molar-refractivity contribution >= 4 is 23.4 Å². The van der Waals surface area contributed by atoms with Crippen molar-refractivity contribution < 1.29 is 14.7 Å². The van der Waals surface area contributed by atoms with Crippen molar-refractivity contribution in [2.24, 2.45) is 5.73 Å². The molecular formula is C16H17N3O3. The highest BCUT2D eigenvalue weighted by Crippen LogP contribution is 2.12. The van der Waals surface area contributed by atoms with Gasteiger partial charge in [0.2, 0.25) is 0 Å². The maximum absolute atomic E-state index is 11.8. The van der Waals surface area contributed by atoms with Gasteiger partial charge in [0.25, 0.3) is 0 Å². The van der Waals surface area contributed by atoms with Gasteiger partial charge in [0, 0.05) is 11.4 Å². The van der Waals surface area contributed by atoms with Gasteiger partial charge in [0.05, 0.1) is 0 Å². The molecule has 0 saturated carbocycles. The predicted octanol–water partition coefficient (Wildman–Crippen LogP) is 2.28. The molecule has 0 aromatic heterocycles. The molecule has 0 unspecified atom stereocenters. The number of urea groups is 1. The fraction of sp³-hybridized carbons (Fsp3) is 0.125. The maximum atomic E-state index is 11.8. The molecule has 2 rings (SSSR count). The first-order chi connectivity index (χ1) is 10.5. The van der Waals surface area contributed by atoms with Crippen LogP contribution in [0.3, 0.4) is 0 Å². The molecule has 1 atom stereocenters. The van der Waals surface area contributed by atoms with E-state index in [0.29, 0.717) is 11.4 Å². The van der Waals surface area contributed by atoms with Gasteiger partial charge in [-0.3, -0.25) is 4.79 Å². The fourth-order valence-electron chi connectivity index (χ4n) is 1.88. The summed E-state index contributed by atoms with van der Waals surface area (Å²) < 4.78 is 0. The summed E-state index contributed by atoms with van der Waals surface area (Å²) in [6.07, 6.45) is 0.242. The third kappa shape index (κ3) is 4.60. The summed E-state index contributed by atoms with van der Waals surface area (Å²) in [4.78, 5) is 22.5. The van der Waals surface area contributed by atoms with E-state index in [1.54, 1.807) is 36.4 Å². The summed E-state index contributed by atoms with van der Waals surface area (Å²) in [5.74, 6) is -1.04. The zero-order valence-electron chi connectivity index (χ0n) is 11.8. The predicted molar refractivity (Wildman–Crippen MR) is 84.8 cm³/mol. The molecule has 0 aliphatic rings. The molecule has 6 heteroatoms. The third-order valence-corrected chi connectivity index (χ3v) is 3.02. The Morgan fingerprint density at radius 2 is 1.50 bits per heavy atom. The number of para-hydroxylation sites is 1. The monoisotopic (exact) mass is 299 g/mol. The van der Waals surface area contributed by atoms with Gasteiger partial charge in [0.1, 0.15) is 6.04 Å². The van der Waals surface area contributed by atoms with Crippen molar-refractivity contribution in [3.8, 4) is 0 Å². The minimum atomic E-state index is -1.04. The van der Waals surface area contributed by atoms with E-state index in [0.717, 1.165) is 5.56 Å². The zero-order valence-corrected chi connectivity index (χ0v) is 11.8. The number of nitrogens with one attached hydrogen (secondary N) is 2. The van der Waals surface area contributed by atoms with Crippen LogP contribution in [0.1, 0.15) is 5.56 Å². The van der Waals surface area contributed by atoms with Crippen molar-refractivity contribution in [3.63, 3.8) is 0 Å². The van der Waals surface area contributed by atoms with Crippen LogP contribution in [0, 0.1) is 0 Å². The highest BCUT2D eigenvalue weighted by Gasteiger charge is 2.12. The standard InChI is InChI=1S/C16H17N3O3/c17-14(15(20)21)10-11-6-8-13(9-7-11)19-16(22)18-12-4-2-1-3-5-12/h1-9,14H,10,17H2,(H,20,21)(H2,18,19,22)/t14-/m1/s1. The van der Waals surface area contributed by atoms with E-state index in [1.807, 2.05) is 18.2 Å². The minimum absolute atomic E-state index is 0.242. The van der Waals surface area contributed by atoms with Crippen LogP contribution in [0.4, 0.5) is 16.2 Å². The number of anilines is 2. The Morgan fingerprint density at radius 3 is 2.05 bits per heavy atom. The van der Waals surface area contributed by atoms with Gasteiger partial charge in [-0.15, -0.1) is 0 Å². The summed E-state index contributed by atoms with van der Waals surface area (Å²) in [5, 5.41) is 14.2. The summed E-state index contributed by atoms with van der Waals surface area (Å²) in [5.41, 5.74) is 7.58. The second-order valence-electron chi connectivity index (χ2n) is 4.79. The van der Waals surface area contributed by atoms with Gasteiger partial charge in [-0.2, -0.15) is 0 Å². The van der Waals surface area contributed by atoms with Crippen molar-refractivity contribution in [1.29, 1.82) is 0 Å². The van der Waals surface area contributed by atoms with Crippen LogP contribution >= 0.6 is 0 Å². The van der Waals surface area contributed by atoms with Crippen molar-refractivity contribution in [2.45, 2.75) is 12.5 Å². The Kier molecular flexibility index (Phi) is 5.11. The normalized spacial score (nSPS) is 11.5. The lowest BCUT2D eigenvalue weighted by Crippen LogP contribution is -2.32. The summed E-state index contributed by atoms with van der Waals surface area (Å²) in [6.45, 7) is 0. The molecule has 2 aromatic rings. The Bertz CT molecular complexity index is 641. The third-order valence-electron chi connectivity index (χ3n) is 3.02. The number of hydrogen-bond donors (Lipinski definition) is 4. The van der Waals surface area contributed by atoms with Crippen molar-refractivity contribution in [1.82, 2.24) is 0 Å².